The second-order valence-electron chi connectivity index (χ2n) is 3.24. The fourth-order valence-corrected chi connectivity index (χ4v) is 1.39. The first kappa shape index (κ1) is 17.3. The van der Waals surface area contributed by atoms with Crippen molar-refractivity contribution in [1.29, 1.82) is 0 Å². The van der Waals surface area contributed by atoms with E-state index in [9.17, 15) is 0 Å². The lowest BCUT2D eigenvalue weighted by molar-refractivity contribution is -0.671. The van der Waals surface area contributed by atoms with Gasteiger partial charge in [-0.3, -0.25) is 0 Å². The Morgan fingerprint density at radius 2 is 1.75 bits per heavy atom. The van der Waals surface area contributed by atoms with Crippen molar-refractivity contribution in [3.63, 3.8) is 0 Å². The number of hydrogen-bond donors (Lipinski definition) is 0. The minimum Gasteiger partial charge on any atom is -1.00 e. The highest BCUT2D eigenvalue weighted by atomic mass is 79.9. The van der Waals surface area contributed by atoms with Gasteiger partial charge >= 0.3 is 0 Å². The van der Waals surface area contributed by atoms with Crippen LogP contribution in [0, 0.1) is 0 Å². The summed E-state index contributed by atoms with van der Waals surface area (Å²) in [6.07, 6.45) is 6.20. The van der Waals surface area contributed by atoms with Crippen molar-refractivity contribution in [2.75, 3.05) is 0 Å². The molecule has 0 bridgehead atoms. The molecule has 0 radical (unpaired) electrons. The highest BCUT2D eigenvalue weighted by molar-refractivity contribution is 5.14. The van der Waals surface area contributed by atoms with Crippen LogP contribution in [0.5, 0.6) is 0 Å². The van der Waals surface area contributed by atoms with E-state index in [1.807, 2.05) is 23.9 Å². The zero-order valence-corrected chi connectivity index (χ0v) is 9.68. The Morgan fingerprint density at radius 3 is 2.25 bits per heavy atom. The van der Waals surface area contributed by atoms with Crippen LogP contribution in [0.3, 0.4) is 0 Å². The first-order valence-electron chi connectivity index (χ1n) is 4.39. The molecule has 2 rings (SSSR count). The number of halogens is 1. The minimum atomic E-state index is 0. The summed E-state index contributed by atoms with van der Waals surface area (Å²) in [6, 6.07) is 10.5. The molecule has 0 atom stereocenters. The molecule has 0 aliphatic rings. The number of rotatable bonds is 2. The minimum absolute atomic E-state index is 0. The summed E-state index contributed by atoms with van der Waals surface area (Å²) in [5.74, 6) is 0. The van der Waals surface area contributed by atoms with Crippen LogP contribution in [0.25, 0.3) is 0 Å². The largest absolute Gasteiger partial charge is 1.00 e. The van der Waals surface area contributed by atoms with Crippen molar-refractivity contribution < 1.29 is 21.5 Å². The van der Waals surface area contributed by atoms with E-state index in [1.54, 1.807) is 0 Å². The molecule has 16 heavy (non-hydrogen) atoms. The van der Waals surface area contributed by atoms with E-state index in [-0.39, 0.29) is 31.8 Å². The second-order valence-corrected chi connectivity index (χ2v) is 3.24. The molecule has 2 nitrogen and oxygen atoms in total. The van der Waals surface area contributed by atoms with Gasteiger partial charge in [0.2, 0.25) is 6.33 Å². The summed E-state index contributed by atoms with van der Waals surface area (Å²) in [5.41, 5.74) is 1.33. The Balaban J connectivity index is 0. The van der Waals surface area contributed by atoms with E-state index in [0.29, 0.717) is 0 Å². The van der Waals surface area contributed by atoms with Gasteiger partial charge in [0.25, 0.3) is 0 Å². The number of aryl methyl sites for hydroxylation is 1. The fraction of sp³-hybridized carbons (Fsp3) is 0.308. The van der Waals surface area contributed by atoms with Crippen LogP contribution < -0.4 is 21.5 Å². The average Bonchev–Trinajstić information content (AvgIpc) is 2.53. The van der Waals surface area contributed by atoms with Crippen LogP contribution >= 0.6 is 0 Å². The van der Waals surface area contributed by atoms with E-state index in [0.717, 1.165) is 6.54 Å². The summed E-state index contributed by atoms with van der Waals surface area (Å²) >= 11 is 0. The maximum atomic E-state index is 2.16. The maximum absolute atomic E-state index is 2.16. The zero-order valence-electron chi connectivity index (χ0n) is 8.10. The molecular formula is C13H21BrN2. The predicted molar refractivity (Wildman–Crippen MR) is 64.6 cm³/mol. The van der Waals surface area contributed by atoms with Crippen LogP contribution in [0.4, 0.5) is 0 Å². The topological polar surface area (TPSA) is 8.81 Å². The molecule has 1 heterocycles. The highest BCUT2D eigenvalue weighted by Crippen LogP contribution is 2.00. The third-order valence-electron chi connectivity index (χ3n) is 2.03. The third kappa shape index (κ3) is 4.62. The number of aromatic nitrogens is 2. The molecule has 0 saturated carbocycles. The molecule has 1 aromatic carbocycles. The van der Waals surface area contributed by atoms with Crippen LogP contribution in [-0.4, -0.2) is 4.57 Å². The monoisotopic (exact) mass is 284 g/mol. The lowest BCUT2D eigenvalue weighted by Gasteiger charge is -1.95. The third-order valence-corrected chi connectivity index (χ3v) is 2.03. The normalized spacial score (nSPS) is 8.31. The van der Waals surface area contributed by atoms with Crippen LogP contribution in [0.2, 0.25) is 0 Å². The van der Waals surface area contributed by atoms with Gasteiger partial charge in [0, 0.05) is 0 Å². The van der Waals surface area contributed by atoms with E-state index >= 15 is 0 Å². The predicted octanol–water partition coefficient (Wildman–Crippen LogP) is -0.363. The summed E-state index contributed by atoms with van der Waals surface area (Å²) < 4.78 is 4.21. The number of imidazole rings is 1. The SMILES string of the molecule is C.C.C[n+]1ccn(Cc2ccccc2)c1.[Br-]. The smallest absolute Gasteiger partial charge is 0.243 e. The van der Waals surface area contributed by atoms with Gasteiger partial charge in [-0.25, -0.2) is 9.13 Å². The molecule has 0 N–H and O–H groups in total. The van der Waals surface area contributed by atoms with Gasteiger partial charge in [-0.05, 0) is 5.56 Å². The molecule has 0 amide bonds. The van der Waals surface area contributed by atoms with Gasteiger partial charge in [-0.1, -0.05) is 45.2 Å². The zero-order chi connectivity index (χ0) is 9.10. The Bertz CT molecular complexity index is 382. The molecule has 90 valence electrons. The summed E-state index contributed by atoms with van der Waals surface area (Å²) in [4.78, 5) is 0. The van der Waals surface area contributed by atoms with E-state index in [1.165, 1.54) is 5.56 Å². The van der Waals surface area contributed by atoms with Gasteiger partial charge in [-0.15, -0.1) is 0 Å². The van der Waals surface area contributed by atoms with Crippen LogP contribution in [-0.2, 0) is 13.6 Å². The average molecular weight is 285 g/mol. The summed E-state index contributed by atoms with van der Waals surface area (Å²) in [7, 11) is 2.03. The molecule has 0 unspecified atom stereocenters. The van der Waals surface area contributed by atoms with Crippen molar-refractivity contribution in [1.82, 2.24) is 4.57 Å². The Labute approximate surface area is 109 Å². The lowest BCUT2D eigenvalue weighted by atomic mass is 10.2. The first-order valence-corrected chi connectivity index (χ1v) is 4.39. The van der Waals surface area contributed by atoms with E-state index in [2.05, 4.69) is 41.4 Å². The maximum Gasteiger partial charge on any atom is 0.243 e. The van der Waals surface area contributed by atoms with Crippen molar-refractivity contribution in [2.45, 2.75) is 21.4 Å². The standard InChI is InChI=1S/C11H13N2.2CH4.BrH/c1-12-7-8-13(10-12)9-11-5-3-2-4-6-11;;;/h2-8,10H,9H2,1H3;2*1H4;1H/q+1;;;/p-1. The van der Waals surface area contributed by atoms with Gasteiger partial charge in [0.1, 0.15) is 18.9 Å². The Morgan fingerprint density at radius 1 is 1.12 bits per heavy atom. The number of nitrogens with zero attached hydrogens (tertiary/aromatic N) is 2. The summed E-state index contributed by atoms with van der Waals surface area (Å²) in [5, 5.41) is 0. The molecule has 0 aliphatic carbocycles. The molecular weight excluding hydrogens is 264 g/mol. The van der Waals surface area contributed by atoms with Gasteiger partial charge in [0.05, 0.1) is 7.05 Å². The molecule has 3 heteroatoms. The number of hydrogen-bond acceptors (Lipinski definition) is 0. The van der Waals surface area contributed by atoms with E-state index < -0.39 is 0 Å². The van der Waals surface area contributed by atoms with Gasteiger partial charge in [-0.2, -0.15) is 0 Å². The Hall–Kier alpha value is -1.09. The second kappa shape index (κ2) is 8.11. The highest BCUT2D eigenvalue weighted by Gasteiger charge is 1.99. The first-order chi connectivity index (χ1) is 6.34. The van der Waals surface area contributed by atoms with Gasteiger partial charge in [0.15, 0.2) is 0 Å². The van der Waals surface area contributed by atoms with Crippen molar-refractivity contribution in [3.8, 4) is 0 Å². The Kier molecular flexibility index (Phi) is 8.77. The molecule has 0 saturated heterocycles. The van der Waals surface area contributed by atoms with Gasteiger partial charge < -0.3 is 17.0 Å². The molecule has 1 aromatic heterocycles. The van der Waals surface area contributed by atoms with Crippen LogP contribution in [0.15, 0.2) is 49.1 Å². The molecule has 0 spiro atoms. The molecule has 2 aromatic rings. The summed E-state index contributed by atoms with van der Waals surface area (Å²) in [6.45, 7) is 0.946. The quantitative estimate of drug-likeness (QED) is 0.666. The van der Waals surface area contributed by atoms with Crippen LogP contribution in [0.1, 0.15) is 20.4 Å². The molecule has 0 fully saturated rings. The fourth-order valence-electron chi connectivity index (χ4n) is 1.39. The lowest BCUT2D eigenvalue weighted by Crippen LogP contribution is -3.00. The molecule has 0 aliphatic heterocycles. The van der Waals surface area contributed by atoms with Crippen molar-refractivity contribution >= 4 is 0 Å². The number of benzene rings is 1. The van der Waals surface area contributed by atoms with Crippen molar-refractivity contribution in [3.05, 3.63) is 54.6 Å². The van der Waals surface area contributed by atoms with Crippen molar-refractivity contribution in [2.24, 2.45) is 7.05 Å². The van der Waals surface area contributed by atoms with E-state index in [4.69, 9.17) is 0 Å².